The van der Waals surface area contributed by atoms with E-state index in [0.29, 0.717) is 23.4 Å². The summed E-state index contributed by atoms with van der Waals surface area (Å²) in [4.78, 5) is 15.1. The molecule has 4 rings (SSSR count). The van der Waals surface area contributed by atoms with E-state index in [1.807, 2.05) is 42.3 Å². The van der Waals surface area contributed by atoms with E-state index in [2.05, 4.69) is 19.7 Å². The van der Waals surface area contributed by atoms with Crippen molar-refractivity contribution in [1.82, 2.24) is 19.9 Å². The van der Waals surface area contributed by atoms with Gasteiger partial charge in [0.2, 0.25) is 5.88 Å². The summed E-state index contributed by atoms with van der Waals surface area (Å²) in [5.74, 6) is 1.34. The van der Waals surface area contributed by atoms with Gasteiger partial charge in [0, 0.05) is 54.3 Å². The van der Waals surface area contributed by atoms with E-state index in [0.717, 1.165) is 23.0 Å². The fourth-order valence-electron chi connectivity index (χ4n) is 3.71. The highest BCUT2D eigenvalue weighted by Gasteiger charge is 2.31. The Morgan fingerprint density at radius 1 is 1.26 bits per heavy atom. The van der Waals surface area contributed by atoms with Gasteiger partial charge in [-0.2, -0.15) is 4.98 Å². The minimum absolute atomic E-state index is 0.127. The maximum atomic E-state index is 14.6. The third-order valence-corrected chi connectivity index (χ3v) is 6.36. The lowest BCUT2D eigenvalue weighted by atomic mass is 10.1. The van der Waals surface area contributed by atoms with Crippen LogP contribution in [0.2, 0.25) is 0 Å². The number of nitrogen functional groups attached to an aromatic ring is 1. The Morgan fingerprint density at radius 3 is 2.71 bits per heavy atom. The molecule has 3 heterocycles. The van der Waals surface area contributed by atoms with Crippen LogP contribution in [-0.2, 0) is 0 Å². The number of nitrogens with zero attached hydrogens (tertiary/aromatic N) is 4. The van der Waals surface area contributed by atoms with Gasteiger partial charge in [0.25, 0.3) is 0 Å². The fourth-order valence-corrected chi connectivity index (χ4v) is 4.35. The van der Waals surface area contributed by atoms with Crippen LogP contribution in [0.4, 0.5) is 15.9 Å². The van der Waals surface area contributed by atoms with E-state index >= 15 is 0 Å². The molecule has 0 radical (unpaired) electrons. The molecule has 4 N–H and O–H groups in total. The van der Waals surface area contributed by atoms with Crippen LogP contribution in [0.15, 0.2) is 47.6 Å². The third-order valence-electron chi connectivity index (χ3n) is 5.59. The number of rotatable bonds is 8. The average molecular weight is 498 g/mol. The number of likely N-dealkylation sites (tertiary alicyclic amines) is 1. The predicted octanol–water partition coefficient (Wildman–Crippen LogP) is 4.06. The smallest absolute Gasteiger partial charge is 0.228 e. The fraction of sp³-hybridized carbons (Fsp3) is 0.333. The molecule has 35 heavy (non-hydrogen) atoms. The first-order valence-corrected chi connectivity index (χ1v) is 11.9. The maximum absolute atomic E-state index is 14.6. The largest absolute Gasteiger partial charge is 0.497 e. The van der Waals surface area contributed by atoms with Crippen molar-refractivity contribution in [2.45, 2.75) is 30.6 Å². The SMILES string of the molecule is COc1ccnc(SNc2ccc(-c3nc(N)c(C(C)=N)c(OC4CCN(C)CC4F)n3)cc2)c1. The monoisotopic (exact) mass is 497 g/mol. The standard InChI is InChI=1S/C24H28FN7O2S/c1-14(26)21-22(27)29-23(30-24(21)34-19-9-11-32(2)13-18(19)25)15-4-6-16(7-5-15)31-35-20-12-17(33-3)8-10-28-20/h4-8,10,12,18-19,26,31H,9,11,13H2,1-3H3,(H2,27,29,30). The summed E-state index contributed by atoms with van der Waals surface area (Å²) in [5, 5.41) is 8.86. The highest BCUT2D eigenvalue weighted by atomic mass is 32.2. The second kappa shape index (κ2) is 10.9. The van der Waals surface area contributed by atoms with Crippen LogP contribution in [0.1, 0.15) is 18.9 Å². The van der Waals surface area contributed by atoms with Crippen molar-refractivity contribution in [2.24, 2.45) is 0 Å². The first kappa shape index (κ1) is 24.7. The van der Waals surface area contributed by atoms with Gasteiger partial charge in [-0.15, -0.1) is 0 Å². The van der Waals surface area contributed by atoms with E-state index in [1.54, 1.807) is 26.3 Å². The number of benzene rings is 1. The highest BCUT2D eigenvalue weighted by Crippen LogP contribution is 2.30. The maximum Gasteiger partial charge on any atom is 0.228 e. The second-order valence-electron chi connectivity index (χ2n) is 8.28. The molecule has 11 heteroatoms. The average Bonchev–Trinajstić information content (AvgIpc) is 2.84. The number of hydrogen-bond acceptors (Lipinski definition) is 10. The van der Waals surface area contributed by atoms with Crippen LogP contribution < -0.4 is 19.9 Å². The number of piperidine rings is 1. The number of nitrogens with one attached hydrogen (secondary N) is 2. The van der Waals surface area contributed by atoms with Crippen molar-refractivity contribution in [2.75, 3.05) is 37.7 Å². The van der Waals surface area contributed by atoms with Gasteiger partial charge in [-0.05, 0) is 50.7 Å². The summed E-state index contributed by atoms with van der Waals surface area (Å²) >= 11 is 1.36. The van der Waals surface area contributed by atoms with Crippen LogP contribution in [-0.4, -0.2) is 65.1 Å². The number of halogens is 1. The third kappa shape index (κ3) is 5.98. The molecule has 1 aliphatic heterocycles. The lowest BCUT2D eigenvalue weighted by Crippen LogP contribution is -2.45. The number of anilines is 2. The molecule has 0 bridgehead atoms. The molecule has 2 atom stereocenters. The molecule has 2 unspecified atom stereocenters. The first-order valence-electron chi connectivity index (χ1n) is 11.1. The summed E-state index contributed by atoms with van der Waals surface area (Å²) in [6.45, 7) is 2.59. The van der Waals surface area contributed by atoms with Gasteiger partial charge >= 0.3 is 0 Å². The number of nitrogens with two attached hydrogens (primary N) is 1. The number of pyridine rings is 1. The van der Waals surface area contributed by atoms with Gasteiger partial charge in [-0.25, -0.2) is 14.4 Å². The van der Waals surface area contributed by atoms with Gasteiger partial charge in [0.15, 0.2) is 5.82 Å². The van der Waals surface area contributed by atoms with Gasteiger partial charge in [-0.1, -0.05) is 0 Å². The lowest BCUT2D eigenvalue weighted by Gasteiger charge is -2.32. The Bertz CT molecular complexity index is 1190. The van der Waals surface area contributed by atoms with Crippen LogP contribution in [0.3, 0.4) is 0 Å². The van der Waals surface area contributed by atoms with Crippen molar-refractivity contribution < 1.29 is 13.9 Å². The van der Waals surface area contributed by atoms with Crippen molar-refractivity contribution in [3.8, 4) is 23.0 Å². The number of aromatic nitrogens is 3. The Labute approximate surface area is 207 Å². The van der Waals surface area contributed by atoms with E-state index in [9.17, 15) is 4.39 Å². The van der Waals surface area contributed by atoms with E-state index in [1.165, 1.54) is 11.9 Å². The van der Waals surface area contributed by atoms with Crippen molar-refractivity contribution >= 4 is 29.2 Å². The van der Waals surface area contributed by atoms with Crippen molar-refractivity contribution in [3.63, 3.8) is 0 Å². The minimum Gasteiger partial charge on any atom is -0.497 e. The lowest BCUT2D eigenvalue weighted by molar-refractivity contribution is 0.0286. The predicted molar refractivity (Wildman–Crippen MR) is 136 cm³/mol. The molecular formula is C24H28FN7O2S. The van der Waals surface area contributed by atoms with Crippen LogP contribution in [0.5, 0.6) is 11.6 Å². The molecule has 0 aliphatic carbocycles. The zero-order valence-corrected chi connectivity index (χ0v) is 20.6. The van der Waals surface area contributed by atoms with Crippen LogP contribution >= 0.6 is 11.9 Å². The first-order chi connectivity index (χ1) is 16.8. The molecular weight excluding hydrogens is 469 g/mol. The van der Waals surface area contributed by atoms with Crippen molar-refractivity contribution in [3.05, 3.63) is 48.2 Å². The second-order valence-corrected chi connectivity index (χ2v) is 9.10. The zero-order valence-electron chi connectivity index (χ0n) is 19.8. The summed E-state index contributed by atoms with van der Waals surface area (Å²) in [7, 11) is 3.49. The summed E-state index contributed by atoms with van der Waals surface area (Å²) in [6.07, 6.45) is 0.395. The van der Waals surface area contributed by atoms with Gasteiger partial charge < -0.3 is 30.2 Å². The van der Waals surface area contributed by atoms with Gasteiger partial charge in [-0.3, -0.25) is 0 Å². The minimum atomic E-state index is -1.16. The Hall–Kier alpha value is -3.44. The Balaban J connectivity index is 1.53. The zero-order chi connectivity index (χ0) is 24.9. The number of alkyl halides is 1. The molecule has 1 aliphatic rings. The molecule has 3 aromatic rings. The molecule has 0 amide bonds. The molecule has 0 spiro atoms. The van der Waals surface area contributed by atoms with E-state index in [4.69, 9.17) is 20.6 Å². The summed E-state index contributed by atoms with van der Waals surface area (Å²) < 4.78 is 29.0. The molecule has 184 valence electrons. The highest BCUT2D eigenvalue weighted by molar-refractivity contribution is 8.00. The molecule has 9 nitrogen and oxygen atoms in total. The molecule has 1 fully saturated rings. The van der Waals surface area contributed by atoms with E-state index in [-0.39, 0.29) is 24.0 Å². The quantitative estimate of drug-likeness (QED) is 0.312. The van der Waals surface area contributed by atoms with E-state index < -0.39 is 12.3 Å². The topological polar surface area (TPSA) is 122 Å². The van der Waals surface area contributed by atoms with Crippen molar-refractivity contribution in [1.29, 1.82) is 5.41 Å². The Morgan fingerprint density at radius 2 is 2.03 bits per heavy atom. The number of hydrogen-bond donors (Lipinski definition) is 3. The summed E-state index contributed by atoms with van der Waals surface area (Å²) in [5.41, 5.74) is 8.20. The normalized spacial score (nSPS) is 18.2. The number of ether oxygens (including phenoxy) is 2. The molecule has 0 saturated carbocycles. The molecule has 2 aromatic heterocycles. The summed E-state index contributed by atoms with van der Waals surface area (Å²) in [6, 6.07) is 11.1. The van der Waals surface area contributed by atoms with Gasteiger partial charge in [0.05, 0.1) is 12.7 Å². The molecule has 1 saturated heterocycles. The van der Waals surface area contributed by atoms with Crippen LogP contribution in [0.25, 0.3) is 11.4 Å². The molecule has 1 aromatic carbocycles. The number of methoxy groups -OCH3 is 1. The van der Waals surface area contributed by atoms with Crippen LogP contribution in [0, 0.1) is 5.41 Å². The Kier molecular flexibility index (Phi) is 7.67. The van der Waals surface area contributed by atoms with Gasteiger partial charge in [0.1, 0.15) is 28.9 Å².